The lowest BCUT2D eigenvalue weighted by Crippen LogP contribution is -1.94. The van der Waals surface area contributed by atoms with E-state index in [1.54, 1.807) is 48.5 Å². The van der Waals surface area contributed by atoms with Crippen molar-refractivity contribution in [3.05, 3.63) is 178 Å². The Hall–Kier alpha value is -7.32. The highest BCUT2D eigenvalue weighted by molar-refractivity contribution is 6.35. The first kappa shape index (κ1) is 30.7. The Morgan fingerprint density at radius 2 is 0.673 bits per heavy atom. The van der Waals surface area contributed by atoms with Crippen LogP contribution in [0.15, 0.2) is 158 Å². The van der Waals surface area contributed by atoms with Gasteiger partial charge in [0.05, 0.1) is 32.0 Å². The molecule has 0 aliphatic rings. The molecule has 10 aromatic rings. The van der Waals surface area contributed by atoms with Crippen molar-refractivity contribution in [3.63, 3.8) is 0 Å². The molecule has 0 unspecified atom stereocenters. The Kier molecular flexibility index (Phi) is 7.22. The predicted molar refractivity (Wildman–Crippen MR) is 211 cm³/mol. The van der Waals surface area contributed by atoms with Gasteiger partial charge in [-0.1, -0.05) is 121 Å². The molecule has 0 saturated carbocycles. The lowest BCUT2D eigenvalue weighted by molar-refractivity contribution is -0.384. The van der Waals surface area contributed by atoms with Crippen molar-refractivity contribution in [1.29, 1.82) is 0 Å². The van der Waals surface area contributed by atoms with Gasteiger partial charge in [-0.25, -0.2) is 0 Å². The number of para-hydroxylation sites is 4. The lowest BCUT2D eigenvalue weighted by atomic mass is 9.91. The van der Waals surface area contributed by atoms with Gasteiger partial charge >= 0.3 is 0 Å². The number of nitrogens with zero attached hydrogens (tertiary/aromatic N) is 2. The van der Waals surface area contributed by atoms with Crippen molar-refractivity contribution < 1.29 is 9.85 Å². The summed E-state index contributed by atoms with van der Waals surface area (Å²) in [6.45, 7) is 0. The van der Waals surface area contributed by atoms with Gasteiger partial charge in [0.15, 0.2) is 0 Å². The smallest absolute Gasteiger partial charge is 0.277 e. The maximum atomic E-state index is 11.5. The molecule has 0 amide bonds. The molecule has 0 radical (unpaired) electrons. The lowest BCUT2D eigenvalue weighted by Gasteiger charge is -2.12. The van der Waals surface area contributed by atoms with Crippen LogP contribution in [0.4, 0.5) is 11.4 Å². The number of aromatic nitrogens is 2. The topological polar surface area (TPSA) is 118 Å². The number of H-pyrrole nitrogens is 2. The second-order valence-electron chi connectivity index (χ2n) is 12.6. The van der Waals surface area contributed by atoms with Gasteiger partial charge in [-0.05, 0) is 56.9 Å². The minimum atomic E-state index is -0.403. The van der Waals surface area contributed by atoms with Crippen LogP contribution in [0.1, 0.15) is 0 Å². The fourth-order valence-corrected chi connectivity index (χ4v) is 7.63. The normalized spacial score (nSPS) is 11.4. The Morgan fingerprint density at radius 1 is 0.346 bits per heavy atom. The van der Waals surface area contributed by atoms with Crippen molar-refractivity contribution in [2.75, 3.05) is 0 Å². The van der Waals surface area contributed by atoms with Gasteiger partial charge in [0.2, 0.25) is 0 Å². The minimum absolute atomic E-state index is 0.0195. The van der Waals surface area contributed by atoms with Crippen LogP contribution >= 0.6 is 0 Å². The summed E-state index contributed by atoms with van der Waals surface area (Å²) in [5.74, 6) is 0. The van der Waals surface area contributed by atoms with E-state index >= 15 is 0 Å². The van der Waals surface area contributed by atoms with E-state index in [0.29, 0.717) is 22.3 Å². The van der Waals surface area contributed by atoms with Crippen molar-refractivity contribution in [2.45, 2.75) is 0 Å². The second-order valence-corrected chi connectivity index (χ2v) is 12.6. The number of nitro groups is 2. The third-order valence-corrected chi connectivity index (χ3v) is 9.83. The summed E-state index contributed by atoms with van der Waals surface area (Å²) in [6.07, 6.45) is 0. The van der Waals surface area contributed by atoms with E-state index in [0.717, 1.165) is 10.8 Å². The van der Waals surface area contributed by atoms with Gasteiger partial charge in [-0.2, -0.15) is 0 Å². The first-order valence-electron chi connectivity index (χ1n) is 16.8. The number of hydrogen-bond acceptors (Lipinski definition) is 4. The predicted octanol–water partition coefficient (Wildman–Crippen LogP) is 12.1. The molecule has 0 atom stereocenters. The maximum Gasteiger partial charge on any atom is 0.277 e. The van der Waals surface area contributed by atoms with Crippen molar-refractivity contribution >= 4 is 76.5 Å². The van der Waals surface area contributed by atoms with Crippen LogP contribution < -0.4 is 0 Å². The fourth-order valence-electron chi connectivity index (χ4n) is 7.63. The zero-order valence-electron chi connectivity index (χ0n) is 27.5. The number of benzene rings is 8. The molecule has 2 heterocycles. The van der Waals surface area contributed by atoms with Crippen LogP contribution in [0.25, 0.3) is 87.4 Å². The molecule has 0 aliphatic carbocycles. The first-order chi connectivity index (χ1) is 25.5. The summed E-state index contributed by atoms with van der Waals surface area (Å²) in [5, 5.41) is 32.3. The summed E-state index contributed by atoms with van der Waals surface area (Å²) in [4.78, 5) is 29.4. The molecular formula is C44H28N4O4. The van der Waals surface area contributed by atoms with Crippen molar-refractivity contribution in [1.82, 2.24) is 9.97 Å². The van der Waals surface area contributed by atoms with Crippen LogP contribution in [0.5, 0.6) is 0 Å². The number of nitrogens with one attached hydrogen (secondary N) is 2. The van der Waals surface area contributed by atoms with E-state index in [4.69, 9.17) is 0 Å². The van der Waals surface area contributed by atoms with Crippen molar-refractivity contribution in [2.24, 2.45) is 0 Å². The Labute approximate surface area is 295 Å². The standard InChI is InChI=1S/C22H14N2O4.C22H14N2/c25-23(26)21-11-5-3-9-19(21)17-13-14-18(16-8-2-1-7-15(16)17)20-10-4-6-12-22(20)24(27)28;1-2-8-14-13(7-1)19-15-9-3-5-11-17(15)23-21(19)22-20(14)16-10-4-6-12-18(16)24-22/h1-14H;1-12,23-24H. The molecule has 0 fully saturated rings. The van der Waals surface area contributed by atoms with E-state index in [2.05, 4.69) is 82.8 Å². The monoisotopic (exact) mass is 676 g/mol. The Morgan fingerprint density at radius 3 is 1.08 bits per heavy atom. The Balaban J connectivity index is 0.000000140. The molecule has 2 N–H and O–H groups in total. The summed E-state index contributed by atoms with van der Waals surface area (Å²) in [7, 11) is 0. The number of rotatable bonds is 4. The SMILES string of the molecule is O=[N+]([O-])c1ccccc1-c1ccc(-c2ccccc2[N+](=O)[O-])c2ccccc12.c1ccc2c(c1)[nH]c1c3[nH]c4ccccc4c3c3ccccc3c21. The van der Waals surface area contributed by atoms with Crippen LogP contribution in [0.3, 0.4) is 0 Å². The summed E-state index contributed by atoms with van der Waals surface area (Å²) in [5.41, 5.74) is 7.25. The number of aromatic amines is 2. The van der Waals surface area contributed by atoms with Gasteiger partial charge < -0.3 is 9.97 Å². The number of nitro benzene ring substituents is 2. The van der Waals surface area contributed by atoms with Gasteiger partial charge in [0, 0.05) is 44.7 Å². The molecular weight excluding hydrogens is 649 g/mol. The van der Waals surface area contributed by atoms with Gasteiger partial charge in [0.25, 0.3) is 11.4 Å². The molecule has 0 aliphatic heterocycles. The molecule has 0 bridgehead atoms. The summed E-state index contributed by atoms with van der Waals surface area (Å²) < 4.78 is 0. The highest BCUT2D eigenvalue weighted by Gasteiger charge is 2.21. The fraction of sp³-hybridized carbons (Fsp3) is 0. The second kappa shape index (κ2) is 12.2. The molecule has 10 rings (SSSR count). The molecule has 8 aromatic carbocycles. The van der Waals surface area contributed by atoms with E-state index in [-0.39, 0.29) is 11.4 Å². The van der Waals surface area contributed by atoms with Crippen molar-refractivity contribution in [3.8, 4) is 22.3 Å². The maximum absolute atomic E-state index is 11.5. The first-order valence-corrected chi connectivity index (χ1v) is 16.8. The highest BCUT2D eigenvalue weighted by atomic mass is 16.6. The summed E-state index contributed by atoms with van der Waals surface area (Å²) >= 11 is 0. The Bertz CT molecular complexity index is 2850. The van der Waals surface area contributed by atoms with E-state index < -0.39 is 9.85 Å². The van der Waals surface area contributed by atoms with Crippen LogP contribution in [-0.4, -0.2) is 19.8 Å². The average molecular weight is 677 g/mol. The molecule has 0 spiro atoms. The average Bonchev–Trinajstić information content (AvgIpc) is 3.78. The van der Waals surface area contributed by atoms with E-state index in [1.165, 1.54) is 66.5 Å². The third-order valence-electron chi connectivity index (χ3n) is 9.83. The van der Waals surface area contributed by atoms with Gasteiger partial charge in [-0.3, -0.25) is 20.2 Å². The van der Waals surface area contributed by atoms with E-state index in [1.807, 2.05) is 24.3 Å². The van der Waals surface area contributed by atoms with Crippen LogP contribution in [0.2, 0.25) is 0 Å². The molecule has 0 saturated heterocycles. The third kappa shape index (κ3) is 4.85. The largest absolute Gasteiger partial charge is 0.353 e. The number of fused-ring (bicyclic) bond motifs is 11. The zero-order valence-corrected chi connectivity index (χ0v) is 27.5. The number of hydrogen-bond donors (Lipinski definition) is 2. The highest BCUT2D eigenvalue weighted by Crippen LogP contribution is 2.43. The minimum Gasteiger partial charge on any atom is -0.353 e. The zero-order chi connectivity index (χ0) is 35.3. The molecule has 248 valence electrons. The molecule has 2 aromatic heterocycles. The molecule has 52 heavy (non-hydrogen) atoms. The molecule has 8 heteroatoms. The van der Waals surface area contributed by atoms with Gasteiger partial charge in [0.1, 0.15) is 0 Å². The quantitative estimate of drug-likeness (QED) is 0.142. The van der Waals surface area contributed by atoms with E-state index in [9.17, 15) is 20.2 Å². The van der Waals surface area contributed by atoms with Crippen LogP contribution in [0, 0.1) is 20.2 Å². The van der Waals surface area contributed by atoms with Crippen LogP contribution in [-0.2, 0) is 0 Å². The van der Waals surface area contributed by atoms with Gasteiger partial charge in [-0.15, -0.1) is 0 Å². The molecule has 8 nitrogen and oxygen atoms in total. The summed E-state index contributed by atoms with van der Waals surface area (Å²) in [6, 6.07) is 50.0.